The number of rotatable bonds is 1. The van der Waals surface area contributed by atoms with Crippen LogP contribution in [-0.2, 0) is 0 Å². The van der Waals surface area contributed by atoms with Crippen molar-refractivity contribution in [1.29, 1.82) is 0 Å². The van der Waals surface area contributed by atoms with Gasteiger partial charge in [-0.3, -0.25) is 4.79 Å². The Morgan fingerprint density at radius 3 is 2.88 bits per heavy atom. The summed E-state index contributed by atoms with van der Waals surface area (Å²) in [7, 11) is 0. The van der Waals surface area contributed by atoms with Crippen molar-refractivity contribution >= 4 is 11.0 Å². The van der Waals surface area contributed by atoms with Gasteiger partial charge in [0.1, 0.15) is 12.0 Å². The highest BCUT2D eigenvalue weighted by atomic mass is 16.1. The van der Waals surface area contributed by atoms with E-state index in [9.17, 15) is 4.79 Å². The Morgan fingerprint density at radius 2 is 2.06 bits per heavy atom. The predicted octanol–water partition coefficient (Wildman–Crippen LogP) is 1.38. The van der Waals surface area contributed by atoms with E-state index in [0.29, 0.717) is 5.65 Å². The van der Waals surface area contributed by atoms with Crippen LogP contribution in [0.5, 0.6) is 0 Å². The third-order valence-corrected chi connectivity index (χ3v) is 2.45. The summed E-state index contributed by atoms with van der Waals surface area (Å²) in [6.07, 6.45) is 4.85. The minimum atomic E-state index is -0.153. The Morgan fingerprint density at radius 1 is 1.12 bits per heavy atom. The van der Waals surface area contributed by atoms with Crippen LogP contribution in [0.1, 0.15) is 0 Å². The Kier molecular flexibility index (Phi) is 2.15. The van der Waals surface area contributed by atoms with E-state index in [4.69, 9.17) is 0 Å². The van der Waals surface area contributed by atoms with Gasteiger partial charge in [0, 0.05) is 29.4 Å². The van der Waals surface area contributed by atoms with Crippen molar-refractivity contribution < 1.29 is 0 Å². The van der Waals surface area contributed by atoms with E-state index in [-0.39, 0.29) is 5.56 Å². The predicted molar refractivity (Wildman–Crippen MR) is 63.4 cm³/mol. The number of nitrogens with one attached hydrogen (secondary N) is 1. The van der Waals surface area contributed by atoms with E-state index in [1.165, 1.54) is 12.4 Å². The quantitative estimate of drug-likeness (QED) is 0.677. The van der Waals surface area contributed by atoms with Crippen LogP contribution in [0.15, 0.2) is 47.8 Å². The normalized spacial score (nSPS) is 10.6. The van der Waals surface area contributed by atoms with Gasteiger partial charge in [-0.2, -0.15) is 0 Å². The Bertz CT molecular complexity index is 721. The standard InChI is InChI=1S/C12H8N4O/c17-11-2-1-8-5-9(6-14-12(8)16-11)10-3-4-13-7-15-10/h1-7H,(H,14,16,17). The fourth-order valence-electron chi connectivity index (χ4n) is 1.64. The zero-order valence-corrected chi connectivity index (χ0v) is 8.79. The molecule has 82 valence electrons. The van der Waals surface area contributed by atoms with Crippen LogP contribution in [0.25, 0.3) is 22.3 Å². The lowest BCUT2D eigenvalue weighted by Gasteiger charge is -2.01. The zero-order chi connectivity index (χ0) is 11.7. The summed E-state index contributed by atoms with van der Waals surface area (Å²) in [6.45, 7) is 0. The lowest BCUT2D eigenvalue weighted by Crippen LogP contribution is -2.03. The van der Waals surface area contributed by atoms with Crippen molar-refractivity contribution in [2.45, 2.75) is 0 Å². The molecule has 0 aliphatic carbocycles. The van der Waals surface area contributed by atoms with Crippen LogP contribution >= 0.6 is 0 Å². The van der Waals surface area contributed by atoms with Crippen molar-refractivity contribution in [2.75, 3.05) is 0 Å². The van der Waals surface area contributed by atoms with Crippen molar-refractivity contribution in [3.05, 3.63) is 53.3 Å². The molecular formula is C12H8N4O. The Labute approximate surface area is 96.2 Å². The third-order valence-electron chi connectivity index (χ3n) is 2.45. The van der Waals surface area contributed by atoms with E-state index in [2.05, 4.69) is 19.9 Å². The SMILES string of the molecule is O=c1ccc2cc(-c3ccncn3)cnc2[nH]1. The minimum Gasteiger partial charge on any atom is -0.307 e. The number of H-pyrrole nitrogens is 1. The molecule has 0 saturated carbocycles. The summed E-state index contributed by atoms with van der Waals surface area (Å²) in [5, 5.41) is 0.876. The second-order valence-electron chi connectivity index (χ2n) is 3.58. The molecule has 17 heavy (non-hydrogen) atoms. The molecule has 0 unspecified atom stereocenters. The molecule has 0 radical (unpaired) electrons. The first-order valence-corrected chi connectivity index (χ1v) is 5.08. The molecule has 1 N–H and O–H groups in total. The minimum absolute atomic E-state index is 0.153. The first-order valence-electron chi connectivity index (χ1n) is 5.08. The number of fused-ring (bicyclic) bond motifs is 1. The van der Waals surface area contributed by atoms with Gasteiger partial charge in [-0.1, -0.05) is 0 Å². The topological polar surface area (TPSA) is 71.5 Å². The van der Waals surface area contributed by atoms with Gasteiger partial charge in [0.05, 0.1) is 5.69 Å². The van der Waals surface area contributed by atoms with Crippen LogP contribution in [0.4, 0.5) is 0 Å². The van der Waals surface area contributed by atoms with Crippen molar-refractivity contribution in [2.24, 2.45) is 0 Å². The Hall–Kier alpha value is -2.56. The molecule has 3 aromatic heterocycles. The first-order chi connectivity index (χ1) is 8.33. The molecule has 0 saturated heterocycles. The van der Waals surface area contributed by atoms with Crippen LogP contribution in [0.3, 0.4) is 0 Å². The highest BCUT2D eigenvalue weighted by molar-refractivity contribution is 5.79. The molecule has 5 nitrogen and oxygen atoms in total. The maximum absolute atomic E-state index is 11.1. The molecule has 0 amide bonds. The third kappa shape index (κ3) is 1.78. The van der Waals surface area contributed by atoms with Crippen molar-refractivity contribution in [3.8, 4) is 11.3 Å². The maximum Gasteiger partial charge on any atom is 0.249 e. The van der Waals surface area contributed by atoms with Gasteiger partial charge < -0.3 is 4.98 Å². The summed E-state index contributed by atoms with van der Waals surface area (Å²) in [5.41, 5.74) is 2.13. The molecular weight excluding hydrogens is 216 g/mol. The largest absolute Gasteiger partial charge is 0.307 e. The number of aromatic nitrogens is 4. The molecule has 0 aromatic carbocycles. The summed E-state index contributed by atoms with van der Waals surface area (Å²) in [5.74, 6) is 0. The number of hydrogen-bond acceptors (Lipinski definition) is 4. The second kappa shape index (κ2) is 3.79. The molecule has 0 spiro atoms. The van der Waals surface area contributed by atoms with Gasteiger partial charge in [0.2, 0.25) is 5.56 Å². The smallest absolute Gasteiger partial charge is 0.249 e. The van der Waals surface area contributed by atoms with E-state index in [0.717, 1.165) is 16.6 Å². The number of hydrogen-bond donors (Lipinski definition) is 1. The van der Waals surface area contributed by atoms with Gasteiger partial charge in [0.25, 0.3) is 0 Å². The van der Waals surface area contributed by atoms with Crippen molar-refractivity contribution in [1.82, 2.24) is 19.9 Å². The van der Waals surface area contributed by atoms with Crippen LogP contribution in [0, 0.1) is 0 Å². The van der Waals surface area contributed by atoms with Crippen LogP contribution < -0.4 is 5.56 Å². The van der Waals surface area contributed by atoms with Gasteiger partial charge >= 0.3 is 0 Å². The van der Waals surface area contributed by atoms with Crippen molar-refractivity contribution in [3.63, 3.8) is 0 Å². The fraction of sp³-hybridized carbons (Fsp3) is 0. The maximum atomic E-state index is 11.1. The zero-order valence-electron chi connectivity index (χ0n) is 8.79. The number of pyridine rings is 2. The molecule has 0 fully saturated rings. The lowest BCUT2D eigenvalue weighted by atomic mass is 10.1. The molecule has 0 bridgehead atoms. The average Bonchev–Trinajstić information content (AvgIpc) is 2.39. The molecule has 0 atom stereocenters. The summed E-state index contributed by atoms with van der Waals surface area (Å²) < 4.78 is 0. The summed E-state index contributed by atoms with van der Waals surface area (Å²) in [4.78, 5) is 26.0. The molecule has 3 heterocycles. The summed E-state index contributed by atoms with van der Waals surface area (Å²) >= 11 is 0. The van der Waals surface area contributed by atoms with E-state index < -0.39 is 0 Å². The molecule has 0 aliphatic rings. The van der Waals surface area contributed by atoms with Crippen LogP contribution in [0.2, 0.25) is 0 Å². The van der Waals surface area contributed by atoms with E-state index in [1.807, 2.05) is 12.1 Å². The number of aromatic amines is 1. The van der Waals surface area contributed by atoms with E-state index in [1.54, 1.807) is 18.5 Å². The Balaban J connectivity index is 2.21. The fourth-order valence-corrected chi connectivity index (χ4v) is 1.64. The molecule has 5 heteroatoms. The first kappa shape index (κ1) is 9.65. The number of nitrogens with zero attached hydrogens (tertiary/aromatic N) is 3. The van der Waals surface area contributed by atoms with Gasteiger partial charge in [-0.15, -0.1) is 0 Å². The second-order valence-corrected chi connectivity index (χ2v) is 3.58. The highest BCUT2D eigenvalue weighted by Gasteiger charge is 2.01. The highest BCUT2D eigenvalue weighted by Crippen LogP contribution is 2.18. The van der Waals surface area contributed by atoms with E-state index >= 15 is 0 Å². The molecule has 3 aromatic rings. The van der Waals surface area contributed by atoms with Crippen LogP contribution in [-0.4, -0.2) is 19.9 Å². The lowest BCUT2D eigenvalue weighted by molar-refractivity contribution is 1.16. The average molecular weight is 224 g/mol. The molecule has 0 aliphatic heterocycles. The van der Waals surface area contributed by atoms with Gasteiger partial charge in [-0.05, 0) is 18.2 Å². The monoisotopic (exact) mass is 224 g/mol. The van der Waals surface area contributed by atoms with Gasteiger partial charge in [-0.25, -0.2) is 15.0 Å². The van der Waals surface area contributed by atoms with Gasteiger partial charge in [0.15, 0.2) is 0 Å². The molecule has 3 rings (SSSR count). The summed E-state index contributed by atoms with van der Waals surface area (Å²) in [6, 6.07) is 6.97.